The molecular formula is C18H29BrN2O. The molecule has 0 aliphatic heterocycles. The first-order chi connectivity index (χ1) is 10.2. The predicted molar refractivity (Wildman–Crippen MR) is 98.5 cm³/mol. The van der Waals surface area contributed by atoms with Crippen molar-refractivity contribution in [1.29, 1.82) is 0 Å². The molecule has 4 heteroatoms. The van der Waals surface area contributed by atoms with E-state index in [0.29, 0.717) is 18.4 Å². The van der Waals surface area contributed by atoms with Gasteiger partial charge in [-0.05, 0) is 59.5 Å². The zero-order chi connectivity index (χ0) is 16.8. The summed E-state index contributed by atoms with van der Waals surface area (Å²) in [4.78, 5) is 9.06. The molecule has 0 unspecified atom stereocenters. The lowest BCUT2D eigenvalue weighted by Gasteiger charge is -2.14. The highest BCUT2D eigenvalue weighted by Crippen LogP contribution is 2.30. The summed E-state index contributed by atoms with van der Waals surface area (Å²) in [5.74, 6) is 1.37. The van der Waals surface area contributed by atoms with Crippen LogP contribution in [0.15, 0.2) is 15.5 Å². The maximum atomic E-state index is 5.77. The Hall–Kier alpha value is -0.900. The quantitative estimate of drug-likeness (QED) is 0.429. The van der Waals surface area contributed by atoms with Crippen LogP contribution >= 0.6 is 15.9 Å². The lowest BCUT2D eigenvalue weighted by molar-refractivity contribution is 0.285. The van der Waals surface area contributed by atoms with Crippen LogP contribution in [0.1, 0.15) is 59.6 Å². The summed E-state index contributed by atoms with van der Waals surface area (Å²) >= 11 is 3.53. The topological polar surface area (TPSA) is 34.5 Å². The highest BCUT2D eigenvalue weighted by molar-refractivity contribution is 9.10. The fourth-order valence-corrected chi connectivity index (χ4v) is 2.28. The van der Waals surface area contributed by atoms with Crippen molar-refractivity contribution < 1.29 is 4.74 Å². The summed E-state index contributed by atoms with van der Waals surface area (Å²) < 4.78 is 6.64. The van der Waals surface area contributed by atoms with Gasteiger partial charge in [-0.15, -0.1) is 0 Å². The van der Waals surface area contributed by atoms with Crippen LogP contribution in [0.2, 0.25) is 0 Å². The van der Waals surface area contributed by atoms with Crippen molar-refractivity contribution in [3.63, 3.8) is 0 Å². The maximum Gasteiger partial charge on any atom is 0.228 e. The molecule has 0 radical (unpaired) electrons. The van der Waals surface area contributed by atoms with Crippen LogP contribution in [-0.4, -0.2) is 17.8 Å². The fourth-order valence-electron chi connectivity index (χ4n) is 1.86. The van der Waals surface area contributed by atoms with Crippen LogP contribution in [0.25, 0.3) is 0 Å². The van der Waals surface area contributed by atoms with Gasteiger partial charge in [-0.1, -0.05) is 34.6 Å². The molecule has 0 N–H and O–H groups in total. The van der Waals surface area contributed by atoms with E-state index in [2.05, 4.69) is 60.5 Å². The number of nitrogens with zero attached hydrogens (tertiary/aromatic N) is 2. The number of halogens is 1. The molecule has 0 fully saturated rings. The molecule has 1 aromatic heterocycles. The molecular weight excluding hydrogens is 340 g/mol. The van der Waals surface area contributed by atoms with Gasteiger partial charge in [-0.3, -0.25) is 4.99 Å². The van der Waals surface area contributed by atoms with Crippen molar-refractivity contribution in [2.75, 3.05) is 6.61 Å². The maximum absolute atomic E-state index is 5.77. The first kappa shape index (κ1) is 19.1. The van der Waals surface area contributed by atoms with Crippen molar-refractivity contribution in [1.82, 2.24) is 4.98 Å². The number of pyridine rings is 1. The van der Waals surface area contributed by atoms with E-state index in [-0.39, 0.29) is 5.41 Å². The van der Waals surface area contributed by atoms with Gasteiger partial charge in [0.2, 0.25) is 5.88 Å². The van der Waals surface area contributed by atoms with Crippen LogP contribution in [0.3, 0.4) is 0 Å². The van der Waals surface area contributed by atoms with E-state index in [0.717, 1.165) is 28.7 Å². The van der Waals surface area contributed by atoms with Crippen molar-refractivity contribution in [3.05, 3.63) is 16.2 Å². The van der Waals surface area contributed by atoms with Crippen LogP contribution < -0.4 is 4.74 Å². The highest BCUT2D eigenvalue weighted by atomic mass is 79.9. The van der Waals surface area contributed by atoms with Crippen molar-refractivity contribution >= 4 is 27.8 Å². The Kier molecular flexibility index (Phi) is 7.54. The van der Waals surface area contributed by atoms with Crippen LogP contribution in [0.4, 0.5) is 5.69 Å². The van der Waals surface area contributed by atoms with Crippen molar-refractivity contribution in [2.45, 2.75) is 60.8 Å². The standard InChI is InChI=1S/C18H29BrN2O/c1-13(2)8-7-11-22-17-15(19)12-16(14(3)21-17)20-10-9-18(4,5)6/h10,12-13H,7-9,11H2,1-6H3. The summed E-state index contributed by atoms with van der Waals surface area (Å²) in [6.07, 6.45) is 5.14. The molecule has 22 heavy (non-hydrogen) atoms. The molecule has 1 rings (SSSR count). The summed E-state index contributed by atoms with van der Waals surface area (Å²) in [6.45, 7) is 13.7. The molecule has 0 aliphatic carbocycles. The average Bonchev–Trinajstić information content (AvgIpc) is 2.37. The third-order valence-electron chi connectivity index (χ3n) is 3.21. The molecule has 0 amide bonds. The first-order valence-corrected chi connectivity index (χ1v) is 8.81. The Morgan fingerprint density at radius 3 is 2.64 bits per heavy atom. The normalized spacial score (nSPS) is 12.4. The minimum absolute atomic E-state index is 0.252. The van der Waals surface area contributed by atoms with Gasteiger partial charge in [-0.25, -0.2) is 4.98 Å². The predicted octanol–water partition coefficient (Wildman–Crippen LogP) is 6.11. The van der Waals surface area contributed by atoms with E-state index in [1.165, 1.54) is 6.42 Å². The Morgan fingerprint density at radius 2 is 2.05 bits per heavy atom. The van der Waals surface area contributed by atoms with Crippen LogP contribution in [0.5, 0.6) is 5.88 Å². The van der Waals surface area contributed by atoms with Gasteiger partial charge in [0.25, 0.3) is 0 Å². The lowest BCUT2D eigenvalue weighted by atomic mass is 9.93. The molecule has 0 aliphatic rings. The molecule has 0 bridgehead atoms. The second kappa shape index (κ2) is 8.66. The summed E-state index contributed by atoms with van der Waals surface area (Å²) in [5, 5.41) is 0. The molecule has 0 spiro atoms. The smallest absolute Gasteiger partial charge is 0.228 e. The van der Waals surface area contributed by atoms with E-state index in [1.807, 2.05) is 19.2 Å². The summed E-state index contributed by atoms with van der Waals surface area (Å²) in [5.41, 5.74) is 2.04. The van der Waals surface area contributed by atoms with E-state index >= 15 is 0 Å². The van der Waals surface area contributed by atoms with E-state index in [4.69, 9.17) is 4.74 Å². The molecule has 0 aromatic carbocycles. The number of aryl methyl sites for hydroxylation is 1. The number of aromatic nitrogens is 1. The second-order valence-corrected chi connectivity index (χ2v) is 8.20. The zero-order valence-corrected chi connectivity index (χ0v) is 16.3. The largest absolute Gasteiger partial charge is 0.477 e. The van der Waals surface area contributed by atoms with Crippen molar-refractivity contribution in [2.24, 2.45) is 16.3 Å². The van der Waals surface area contributed by atoms with Gasteiger partial charge in [0, 0.05) is 6.21 Å². The van der Waals surface area contributed by atoms with Gasteiger partial charge >= 0.3 is 0 Å². The lowest BCUT2D eigenvalue weighted by Crippen LogP contribution is -2.04. The van der Waals surface area contributed by atoms with E-state index < -0.39 is 0 Å². The summed E-state index contributed by atoms with van der Waals surface area (Å²) in [7, 11) is 0. The third-order valence-corrected chi connectivity index (χ3v) is 3.77. The van der Waals surface area contributed by atoms with Gasteiger partial charge < -0.3 is 4.74 Å². The number of hydrogen-bond acceptors (Lipinski definition) is 3. The Balaban J connectivity index is 2.67. The Bertz CT molecular complexity index is 505. The minimum atomic E-state index is 0.252. The SMILES string of the molecule is Cc1nc(OCCCC(C)C)c(Br)cc1N=CCC(C)(C)C. The molecule has 0 saturated carbocycles. The summed E-state index contributed by atoms with van der Waals surface area (Å²) in [6, 6.07) is 1.99. The van der Waals surface area contributed by atoms with E-state index in [9.17, 15) is 0 Å². The van der Waals surface area contributed by atoms with Gasteiger partial charge in [0.15, 0.2) is 0 Å². The van der Waals surface area contributed by atoms with Crippen LogP contribution in [-0.2, 0) is 0 Å². The Labute approximate surface area is 143 Å². The average molecular weight is 369 g/mol. The third kappa shape index (κ3) is 7.39. The number of rotatable bonds is 7. The van der Waals surface area contributed by atoms with Crippen LogP contribution in [0, 0.1) is 18.3 Å². The van der Waals surface area contributed by atoms with Gasteiger partial charge in [0.05, 0.1) is 22.5 Å². The minimum Gasteiger partial charge on any atom is -0.477 e. The van der Waals surface area contributed by atoms with Gasteiger partial charge in [-0.2, -0.15) is 0 Å². The number of hydrogen-bond donors (Lipinski definition) is 0. The van der Waals surface area contributed by atoms with Crippen molar-refractivity contribution in [3.8, 4) is 5.88 Å². The first-order valence-electron chi connectivity index (χ1n) is 8.01. The zero-order valence-electron chi connectivity index (χ0n) is 14.7. The molecule has 0 atom stereocenters. The highest BCUT2D eigenvalue weighted by Gasteiger charge is 2.10. The Morgan fingerprint density at radius 1 is 1.36 bits per heavy atom. The molecule has 124 valence electrons. The molecule has 3 nitrogen and oxygen atoms in total. The molecule has 1 heterocycles. The fraction of sp³-hybridized carbons (Fsp3) is 0.667. The second-order valence-electron chi connectivity index (χ2n) is 7.34. The van der Waals surface area contributed by atoms with E-state index in [1.54, 1.807) is 0 Å². The number of aliphatic imine (C=N–C) groups is 1. The molecule has 1 aromatic rings. The number of ether oxygens (including phenoxy) is 1. The van der Waals surface area contributed by atoms with Gasteiger partial charge in [0.1, 0.15) is 0 Å². The molecule has 0 saturated heterocycles. The monoisotopic (exact) mass is 368 g/mol.